The molecule has 2 heterocycles. The number of nitrogens with zero attached hydrogens (tertiary/aromatic N) is 3. The lowest BCUT2D eigenvalue weighted by Gasteiger charge is -2.10. The molecule has 1 amide bonds. The molecule has 27 heavy (non-hydrogen) atoms. The molecular weight excluding hydrogens is 366 g/mol. The number of carbonyl (C=O) groups is 1. The quantitative estimate of drug-likeness (QED) is 0.652. The summed E-state index contributed by atoms with van der Waals surface area (Å²) in [6.07, 6.45) is 1.38. The maximum absolute atomic E-state index is 12.5. The predicted octanol–water partition coefficient (Wildman–Crippen LogP) is 1.76. The second kappa shape index (κ2) is 7.01. The molecule has 0 unspecified atom stereocenters. The maximum Gasteiger partial charge on any atom is 0.276 e. The Morgan fingerprint density at radius 2 is 1.78 bits per heavy atom. The Hall–Kier alpha value is -2.91. The van der Waals surface area contributed by atoms with Crippen LogP contribution in [0.1, 0.15) is 27.6 Å². The van der Waals surface area contributed by atoms with Crippen LogP contribution >= 0.6 is 0 Å². The number of carbonyl (C=O) groups excluding carboxylic acids is 1. The van der Waals surface area contributed by atoms with Gasteiger partial charge in [-0.1, -0.05) is 18.2 Å². The number of hydrogen-bond donors (Lipinski definition) is 2. The lowest BCUT2D eigenvalue weighted by Crippen LogP contribution is -2.41. The summed E-state index contributed by atoms with van der Waals surface area (Å²) in [5.74, 6) is 0.00891. The Morgan fingerprint density at radius 1 is 1.11 bits per heavy atom. The first-order chi connectivity index (χ1) is 12.7. The summed E-state index contributed by atoms with van der Waals surface area (Å²) in [5.41, 5.74) is 5.15. The van der Waals surface area contributed by atoms with Crippen molar-refractivity contribution in [2.45, 2.75) is 25.8 Å². The minimum absolute atomic E-state index is 0.155. The van der Waals surface area contributed by atoms with Crippen LogP contribution in [0.5, 0.6) is 0 Å². The van der Waals surface area contributed by atoms with E-state index >= 15 is 0 Å². The topological polar surface area (TPSA) is 98.0 Å². The number of hydrazine groups is 1. The van der Waals surface area contributed by atoms with Crippen LogP contribution in [-0.2, 0) is 17.1 Å². The molecular formula is C18H21N5O3S. The van der Waals surface area contributed by atoms with Gasteiger partial charge in [-0.15, -0.1) is 4.83 Å². The highest BCUT2D eigenvalue weighted by molar-refractivity contribution is 7.89. The summed E-state index contributed by atoms with van der Waals surface area (Å²) in [4.78, 5) is 18.6. The molecule has 3 aromatic rings. The average molecular weight is 387 g/mol. The van der Waals surface area contributed by atoms with E-state index in [1.165, 1.54) is 6.20 Å². The summed E-state index contributed by atoms with van der Waals surface area (Å²) >= 11 is 0. The Kier molecular flexibility index (Phi) is 4.90. The number of nitrogens with one attached hydrogen (secondary N) is 2. The zero-order valence-electron chi connectivity index (χ0n) is 15.5. The van der Waals surface area contributed by atoms with E-state index in [-0.39, 0.29) is 5.03 Å². The zero-order valence-corrected chi connectivity index (χ0v) is 16.3. The van der Waals surface area contributed by atoms with Crippen LogP contribution in [0.15, 0.2) is 47.6 Å². The van der Waals surface area contributed by atoms with Gasteiger partial charge in [-0.25, -0.2) is 13.4 Å². The van der Waals surface area contributed by atoms with Crippen molar-refractivity contribution in [1.29, 1.82) is 0 Å². The molecule has 142 valence electrons. The number of aromatic nitrogens is 3. The van der Waals surface area contributed by atoms with Gasteiger partial charge in [0.1, 0.15) is 5.82 Å². The fourth-order valence-electron chi connectivity index (χ4n) is 2.86. The molecule has 9 heteroatoms. The van der Waals surface area contributed by atoms with E-state index in [1.807, 2.05) is 48.7 Å². The van der Waals surface area contributed by atoms with Gasteiger partial charge in [0.25, 0.3) is 15.9 Å². The van der Waals surface area contributed by atoms with Crippen molar-refractivity contribution in [3.8, 4) is 5.69 Å². The van der Waals surface area contributed by atoms with Crippen molar-refractivity contribution in [3.63, 3.8) is 0 Å². The third-order valence-electron chi connectivity index (χ3n) is 4.35. The second-order valence-corrected chi connectivity index (χ2v) is 7.88. The van der Waals surface area contributed by atoms with Gasteiger partial charge < -0.3 is 9.13 Å². The van der Waals surface area contributed by atoms with E-state index in [2.05, 4.69) is 15.2 Å². The molecule has 0 saturated carbocycles. The Morgan fingerprint density at radius 3 is 2.37 bits per heavy atom. The van der Waals surface area contributed by atoms with E-state index < -0.39 is 15.9 Å². The first-order valence-corrected chi connectivity index (χ1v) is 9.75. The first-order valence-electron chi connectivity index (χ1n) is 8.27. The third kappa shape index (κ3) is 3.64. The van der Waals surface area contributed by atoms with Crippen molar-refractivity contribution in [2.75, 3.05) is 0 Å². The number of benzene rings is 1. The monoisotopic (exact) mass is 387 g/mol. The fourth-order valence-corrected chi connectivity index (χ4v) is 3.74. The first kappa shape index (κ1) is 18.9. The summed E-state index contributed by atoms with van der Waals surface area (Å²) in [7, 11) is -2.26. The lowest BCUT2D eigenvalue weighted by molar-refractivity contribution is 0.0944. The number of para-hydroxylation sites is 1. The van der Waals surface area contributed by atoms with Crippen LogP contribution < -0.4 is 10.3 Å². The van der Waals surface area contributed by atoms with Gasteiger partial charge >= 0.3 is 0 Å². The molecule has 0 radical (unpaired) electrons. The number of aryl methyl sites for hydroxylation is 3. The Balaban J connectivity index is 1.81. The summed E-state index contributed by atoms with van der Waals surface area (Å²) in [5, 5.41) is -0.155. The van der Waals surface area contributed by atoms with Crippen molar-refractivity contribution < 1.29 is 13.2 Å². The van der Waals surface area contributed by atoms with E-state index in [9.17, 15) is 13.2 Å². The molecule has 0 bridgehead atoms. The van der Waals surface area contributed by atoms with Crippen molar-refractivity contribution in [3.05, 3.63) is 65.4 Å². The highest BCUT2D eigenvalue weighted by Crippen LogP contribution is 2.20. The molecule has 0 saturated heterocycles. The minimum atomic E-state index is -3.95. The van der Waals surface area contributed by atoms with E-state index in [0.717, 1.165) is 11.4 Å². The molecule has 0 aliphatic rings. The van der Waals surface area contributed by atoms with E-state index in [0.29, 0.717) is 17.1 Å². The molecule has 0 aliphatic carbocycles. The van der Waals surface area contributed by atoms with Gasteiger partial charge in [-0.3, -0.25) is 10.2 Å². The smallest absolute Gasteiger partial charge is 0.276 e. The Labute approximate surface area is 157 Å². The normalized spacial score (nSPS) is 11.6. The average Bonchev–Trinajstić information content (AvgIpc) is 3.13. The molecule has 0 atom stereocenters. The fraction of sp³-hybridized carbons (Fsp3) is 0.222. The van der Waals surface area contributed by atoms with Gasteiger partial charge in [0, 0.05) is 30.3 Å². The van der Waals surface area contributed by atoms with Crippen LogP contribution in [-0.4, -0.2) is 28.4 Å². The van der Waals surface area contributed by atoms with Crippen LogP contribution in [0.4, 0.5) is 0 Å². The van der Waals surface area contributed by atoms with Crippen LogP contribution in [0.3, 0.4) is 0 Å². The van der Waals surface area contributed by atoms with Gasteiger partial charge in [-0.05, 0) is 39.0 Å². The highest BCUT2D eigenvalue weighted by Gasteiger charge is 2.22. The maximum atomic E-state index is 12.5. The number of rotatable bonds is 5. The molecule has 0 aliphatic heterocycles. The number of hydrogen-bond acceptors (Lipinski definition) is 4. The summed E-state index contributed by atoms with van der Waals surface area (Å²) in [6.45, 7) is 5.39. The molecule has 1 aromatic carbocycles. The minimum Gasteiger partial charge on any atom is -0.337 e. The predicted molar refractivity (Wildman–Crippen MR) is 101 cm³/mol. The molecule has 3 rings (SSSR count). The number of sulfonamides is 1. The van der Waals surface area contributed by atoms with Crippen LogP contribution in [0, 0.1) is 20.8 Å². The van der Waals surface area contributed by atoms with Gasteiger partial charge in [-0.2, -0.15) is 0 Å². The molecule has 0 fully saturated rings. The molecule has 2 N–H and O–H groups in total. The van der Waals surface area contributed by atoms with Gasteiger partial charge in [0.05, 0.1) is 5.56 Å². The van der Waals surface area contributed by atoms with Gasteiger partial charge in [0.15, 0.2) is 5.03 Å². The number of amides is 1. The lowest BCUT2D eigenvalue weighted by atomic mass is 10.2. The van der Waals surface area contributed by atoms with Crippen LogP contribution in [0.25, 0.3) is 5.69 Å². The molecule has 2 aromatic heterocycles. The van der Waals surface area contributed by atoms with Crippen LogP contribution in [0.2, 0.25) is 0 Å². The van der Waals surface area contributed by atoms with Crippen molar-refractivity contribution >= 4 is 15.9 Å². The van der Waals surface area contributed by atoms with E-state index in [4.69, 9.17) is 0 Å². The van der Waals surface area contributed by atoms with Gasteiger partial charge in [0.2, 0.25) is 0 Å². The zero-order chi connectivity index (χ0) is 19.8. The molecule has 8 nitrogen and oxygen atoms in total. The largest absolute Gasteiger partial charge is 0.337 e. The summed E-state index contributed by atoms with van der Waals surface area (Å²) in [6, 6.07) is 11.3. The standard InChI is InChI=1S/C18H21N5O3S/c1-12-10-16(13(2)23(12)15-8-6-5-7-9-15)18(24)20-21-27(25,26)17-11-22(4)14(3)19-17/h5-11,21H,1-4H3,(H,20,24). The van der Waals surface area contributed by atoms with Crippen molar-refractivity contribution in [2.24, 2.45) is 7.05 Å². The second-order valence-electron chi connectivity index (χ2n) is 6.25. The Bertz CT molecular complexity index is 1080. The summed E-state index contributed by atoms with van der Waals surface area (Å²) < 4.78 is 28.1. The van der Waals surface area contributed by atoms with Crippen molar-refractivity contribution in [1.82, 2.24) is 24.4 Å². The third-order valence-corrected chi connectivity index (χ3v) is 5.47. The highest BCUT2D eigenvalue weighted by atomic mass is 32.2. The molecule has 0 spiro atoms. The SMILES string of the molecule is Cc1nc(S(=O)(=O)NNC(=O)c2cc(C)n(-c3ccccc3)c2C)cn1C. The van der Waals surface area contributed by atoms with E-state index in [1.54, 1.807) is 24.6 Å². The number of imidazole rings is 1.